The first-order valence-corrected chi connectivity index (χ1v) is 13.9. The van der Waals surface area contributed by atoms with E-state index in [0.29, 0.717) is 6.54 Å². The van der Waals surface area contributed by atoms with Gasteiger partial charge in [-0.3, -0.25) is 23.9 Å². The Morgan fingerprint density at radius 3 is 2.60 bits per heavy atom. The number of aliphatic hydroxyl groups is 2. The third kappa shape index (κ3) is 6.15. The molecule has 2 aromatic carbocycles. The molecule has 12 heteroatoms. The minimum absolute atomic E-state index is 0.179. The number of H-pyrrole nitrogens is 1. The van der Waals surface area contributed by atoms with Gasteiger partial charge in [0.05, 0.1) is 0 Å². The average molecular weight is 578 g/mol. The zero-order valence-electron chi connectivity index (χ0n) is 23.5. The van der Waals surface area contributed by atoms with E-state index in [1.54, 1.807) is 11.9 Å². The first-order valence-electron chi connectivity index (χ1n) is 13.9. The molecule has 2 aliphatic rings. The Hall–Kier alpha value is -4.26. The summed E-state index contributed by atoms with van der Waals surface area (Å²) in [6.45, 7) is 1.33. The second kappa shape index (κ2) is 12.3. The van der Waals surface area contributed by atoms with E-state index in [0.717, 1.165) is 47.3 Å². The van der Waals surface area contributed by atoms with E-state index in [-0.39, 0.29) is 12.3 Å². The van der Waals surface area contributed by atoms with Crippen LogP contribution >= 0.6 is 0 Å². The second-order valence-corrected chi connectivity index (χ2v) is 10.9. The van der Waals surface area contributed by atoms with Crippen LogP contribution in [0.4, 0.5) is 5.69 Å². The fourth-order valence-electron chi connectivity index (χ4n) is 5.59. The molecule has 5 rings (SSSR count). The van der Waals surface area contributed by atoms with Crippen molar-refractivity contribution in [3.63, 3.8) is 0 Å². The Labute approximate surface area is 242 Å². The number of nitrogens with zero attached hydrogens (tertiary/aromatic N) is 3. The van der Waals surface area contributed by atoms with Gasteiger partial charge in [0.25, 0.3) is 11.5 Å². The molecule has 1 saturated heterocycles. The molecule has 4 N–H and O–H groups in total. The van der Waals surface area contributed by atoms with Crippen LogP contribution in [0.25, 0.3) is 0 Å². The smallest absolute Gasteiger partial charge is 0.330 e. The zero-order chi connectivity index (χ0) is 30.0. The molecule has 3 aromatic rings. The largest absolute Gasteiger partial charge is 0.387 e. The van der Waals surface area contributed by atoms with E-state index in [4.69, 9.17) is 4.74 Å². The lowest BCUT2D eigenvalue weighted by atomic mass is 9.99. The summed E-state index contributed by atoms with van der Waals surface area (Å²) in [4.78, 5) is 56.6. The summed E-state index contributed by atoms with van der Waals surface area (Å²) in [6, 6.07) is 15.4. The van der Waals surface area contributed by atoms with E-state index in [1.165, 1.54) is 11.3 Å². The van der Waals surface area contributed by atoms with Gasteiger partial charge in [-0.05, 0) is 35.6 Å². The van der Waals surface area contributed by atoms with Crippen LogP contribution in [0.3, 0.4) is 0 Å². The van der Waals surface area contributed by atoms with E-state index in [9.17, 15) is 29.4 Å². The molecule has 2 aliphatic heterocycles. The number of aromatic nitrogens is 2. The molecule has 42 heavy (non-hydrogen) atoms. The van der Waals surface area contributed by atoms with Gasteiger partial charge in [0.1, 0.15) is 18.2 Å². The van der Waals surface area contributed by atoms with Crippen LogP contribution < -0.4 is 21.5 Å². The Morgan fingerprint density at radius 2 is 1.86 bits per heavy atom. The number of benzene rings is 2. The molecular weight excluding hydrogens is 542 g/mol. The molecule has 0 unspecified atom stereocenters. The Balaban J connectivity index is 1.33. The highest BCUT2D eigenvalue weighted by atomic mass is 16.6. The fourth-order valence-corrected chi connectivity index (χ4v) is 5.59. The van der Waals surface area contributed by atoms with E-state index < -0.39 is 47.7 Å². The van der Waals surface area contributed by atoms with Gasteiger partial charge in [0.15, 0.2) is 12.3 Å². The molecule has 0 saturated carbocycles. The molecular formula is C30H35N5O7. The van der Waals surface area contributed by atoms with Gasteiger partial charge in [0.2, 0.25) is 5.91 Å². The molecule has 3 heterocycles. The molecule has 0 spiro atoms. The number of nitrogens with one attached hydrogen (secondary N) is 2. The molecule has 0 radical (unpaired) electrons. The van der Waals surface area contributed by atoms with Crippen molar-refractivity contribution in [2.45, 2.75) is 56.4 Å². The predicted molar refractivity (Wildman–Crippen MR) is 154 cm³/mol. The predicted octanol–water partition coefficient (Wildman–Crippen LogP) is -0.0757. The lowest BCUT2D eigenvalue weighted by Crippen LogP contribution is -2.53. The third-order valence-corrected chi connectivity index (χ3v) is 7.81. The van der Waals surface area contributed by atoms with Crippen LogP contribution in [0.5, 0.6) is 0 Å². The number of rotatable bonds is 8. The Morgan fingerprint density at radius 1 is 1.10 bits per heavy atom. The first-order chi connectivity index (χ1) is 20.1. The molecule has 12 nitrogen and oxygen atoms in total. The maximum atomic E-state index is 13.7. The number of aliphatic hydroxyl groups excluding tert-OH is 2. The molecule has 5 atom stereocenters. The van der Waals surface area contributed by atoms with Crippen molar-refractivity contribution in [3.8, 4) is 0 Å². The van der Waals surface area contributed by atoms with Gasteiger partial charge in [-0.2, -0.15) is 0 Å². The van der Waals surface area contributed by atoms with Gasteiger partial charge in [-0.25, -0.2) is 4.79 Å². The maximum Gasteiger partial charge on any atom is 0.330 e. The standard InChI is InChI=1S/C30H35N5O7/c1-33-13-6-9-20-15-19(10-11-22(20)33)17-34(2)28(40)21(16-18-7-4-3-5-8-18)31-27(39)26-24(37)25(38)29(42-26)35-14-12-23(36)32-30(35)41/h3-5,7-8,10-12,14-15,21,24-26,29,37-38H,6,9,13,16-17H2,1-2H3,(H,31,39)(H,32,36,41)/t21-,24+,25-,26+,29-/m1/s1. The summed E-state index contributed by atoms with van der Waals surface area (Å²) in [7, 11) is 3.73. The van der Waals surface area contributed by atoms with Crippen LogP contribution in [0, 0.1) is 0 Å². The Bertz CT molecular complexity index is 1560. The van der Waals surface area contributed by atoms with Gasteiger partial charge < -0.3 is 30.1 Å². The van der Waals surface area contributed by atoms with Crippen molar-refractivity contribution in [2.24, 2.45) is 0 Å². The SMILES string of the molecule is CN(Cc1ccc2c(c1)CCCN2C)C(=O)[C@@H](Cc1ccccc1)NC(=O)[C@H]1O[C@@H](n2ccc(=O)[nH]c2=O)[C@H](O)[C@@H]1O. The van der Waals surface area contributed by atoms with Crippen LogP contribution in [0.15, 0.2) is 70.4 Å². The summed E-state index contributed by atoms with van der Waals surface area (Å²) in [6.07, 6.45) is -3.00. The van der Waals surface area contributed by atoms with Crippen LogP contribution in [-0.2, 0) is 33.7 Å². The van der Waals surface area contributed by atoms with Crippen LogP contribution in [0.2, 0.25) is 0 Å². The number of aryl methyl sites for hydroxylation is 1. The number of fused-ring (bicyclic) bond motifs is 1. The number of anilines is 1. The number of hydrogen-bond donors (Lipinski definition) is 4. The summed E-state index contributed by atoms with van der Waals surface area (Å²) >= 11 is 0. The fraction of sp³-hybridized carbons (Fsp3) is 0.400. The highest BCUT2D eigenvalue weighted by Crippen LogP contribution is 2.29. The maximum absolute atomic E-state index is 13.7. The monoisotopic (exact) mass is 577 g/mol. The summed E-state index contributed by atoms with van der Waals surface area (Å²) in [5.41, 5.74) is 2.69. The van der Waals surface area contributed by atoms with Gasteiger partial charge in [-0.1, -0.05) is 42.5 Å². The number of ether oxygens (including phenoxy) is 1. The highest BCUT2D eigenvalue weighted by Gasteiger charge is 2.48. The quantitative estimate of drug-likeness (QED) is 0.290. The molecule has 0 aliphatic carbocycles. The first kappa shape index (κ1) is 29.2. The second-order valence-electron chi connectivity index (χ2n) is 10.9. The van der Waals surface area contributed by atoms with Crippen LogP contribution in [-0.4, -0.2) is 81.5 Å². The van der Waals surface area contributed by atoms with Crippen molar-refractivity contribution >= 4 is 17.5 Å². The van der Waals surface area contributed by atoms with Crippen molar-refractivity contribution in [1.29, 1.82) is 0 Å². The lowest BCUT2D eigenvalue weighted by molar-refractivity contribution is -0.143. The van der Waals surface area contributed by atoms with E-state index >= 15 is 0 Å². The van der Waals surface area contributed by atoms with Gasteiger partial charge >= 0.3 is 5.69 Å². The van der Waals surface area contributed by atoms with E-state index in [2.05, 4.69) is 29.4 Å². The molecule has 222 valence electrons. The summed E-state index contributed by atoms with van der Waals surface area (Å²) in [5, 5.41) is 23.9. The van der Waals surface area contributed by atoms with Crippen molar-refractivity contribution < 1.29 is 24.5 Å². The van der Waals surface area contributed by atoms with Crippen molar-refractivity contribution in [1.82, 2.24) is 19.8 Å². The Kier molecular flexibility index (Phi) is 8.57. The normalized spacial score (nSPS) is 22.3. The van der Waals surface area contributed by atoms with Gasteiger partial charge in [0, 0.05) is 51.6 Å². The minimum Gasteiger partial charge on any atom is -0.387 e. The lowest BCUT2D eigenvalue weighted by Gasteiger charge is -2.29. The highest BCUT2D eigenvalue weighted by molar-refractivity contribution is 5.90. The number of hydrogen-bond acceptors (Lipinski definition) is 8. The topological polar surface area (TPSA) is 157 Å². The van der Waals surface area contributed by atoms with Crippen LogP contribution in [0.1, 0.15) is 29.3 Å². The summed E-state index contributed by atoms with van der Waals surface area (Å²) < 4.78 is 6.49. The molecule has 1 fully saturated rings. The number of carbonyl (C=O) groups is 2. The number of aromatic amines is 1. The van der Waals surface area contributed by atoms with Crippen molar-refractivity contribution in [2.75, 3.05) is 25.5 Å². The zero-order valence-corrected chi connectivity index (χ0v) is 23.5. The molecule has 1 aromatic heterocycles. The third-order valence-electron chi connectivity index (χ3n) is 7.81. The molecule has 0 bridgehead atoms. The number of likely N-dealkylation sites (N-methyl/N-ethyl adjacent to an activating group) is 1. The van der Waals surface area contributed by atoms with Gasteiger partial charge in [-0.15, -0.1) is 0 Å². The minimum atomic E-state index is -1.69. The molecule has 2 amide bonds. The van der Waals surface area contributed by atoms with E-state index in [1.807, 2.05) is 41.4 Å². The summed E-state index contributed by atoms with van der Waals surface area (Å²) in [5.74, 6) is -1.16. The number of carbonyl (C=O) groups excluding carboxylic acids is 2. The number of amides is 2. The van der Waals surface area contributed by atoms with Crippen molar-refractivity contribution in [3.05, 3.63) is 98.3 Å². The average Bonchev–Trinajstić information content (AvgIpc) is 3.26.